The molecule has 0 bridgehead atoms. The van der Waals surface area contributed by atoms with Crippen molar-refractivity contribution >= 4 is 52.2 Å². The Morgan fingerprint density at radius 2 is 1.85 bits per heavy atom. The number of anilines is 4. The fraction of sp³-hybridized carbons (Fsp3) is 0. The summed E-state index contributed by atoms with van der Waals surface area (Å²) in [6.07, 6.45) is 5.58. The van der Waals surface area contributed by atoms with Gasteiger partial charge < -0.3 is 11.1 Å². The zero-order valence-corrected chi connectivity index (χ0v) is 17.3. The Morgan fingerprint density at radius 1 is 0.970 bits per heavy atom. The van der Waals surface area contributed by atoms with E-state index in [4.69, 9.17) is 5.73 Å². The number of carbonyl (C=O) groups is 1. The van der Waals surface area contributed by atoms with Crippen LogP contribution in [0.25, 0.3) is 23.1 Å². The second kappa shape index (κ2) is 8.63. The van der Waals surface area contributed by atoms with Crippen LogP contribution in [0.1, 0.15) is 21.7 Å². The number of hydrogen-bond donors (Lipinski definition) is 5. The summed E-state index contributed by atoms with van der Waals surface area (Å²) in [6, 6.07) is 18.7. The summed E-state index contributed by atoms with van der Waals surface area (Å²) < 4.78 is 0. The number of benzene rings is 2. The molecule has 0 saturated carbocycles. The van der Waals surface area contributed by atoms with Gasteiger partial charge in [0, 0.05) is 17.3 Å². The topological polar surface area (TPSA) is 150 Å². The van der Waals surface area contributed by atoms with Crippen LogP contribution in [0.2, 0.25) is 0 Å². The number of aromatic nitrogens is 6. The molecule has 10 heteroatoms. The summed E-state index contributed by atoms with van der Waals surface area (Å²) in [5.74, 6) is -0.127. The number of H-pyrrole nitrogens is 2. The predicted octanol–water partition coefficient (Wildman–Crippen LogP) is 3.82. The first kappa shape index (κ1) is 19.9. The molecule has 0 saturated heterocycles. The van der Waals surface area contributed by atoms with Crippen LogP contribution < -0.4 is 16.4 Å². The first-order valence-electron chi connectivity index (χ1n) is 10.1. The molecule has 0 fully saturated rings. The number of amides is 1. The van der Waals surface area contributed by atoms with Crippen LogP contribution in [-0.4, -0.2) is 36.3 Å². The van der Waals surface area contributed by atoms with E-state index in [1.54, 1.807) is 18.3 Å². The molecule has 3 heterocycles. The Labute approximate surface area is 188 Å². The van der Waals surface area contributed by atoms with Gasteiger partial charge in [0.2, 0.25) is 5.95 Å². The van der Waals surface area contributed by atoms with Crippen LogP contribution >= 0.6 is 0 Å². The summed E-state index contributed by atoms with van der Waals surface area (Å²) in [5.41, 5.74) is 9.91. The van der Waals surface area contributed by atoms with Gasteiger partial charge in [0.25, 0.3) is 11.9 Å². The number of fused-ring (bicyclic) bond motifs is 1. The van der Waals surface area contributed by atoms with Gasteiger partial charge in [0.15, 0.2) is 0 Å². The van der Waals surface area contributed by atoms with Crippen LogP contribution in [0.15, 0.2) is 66.9 Å². The van der Waals surface area contributed by atoms with Gasteiger partial charge in [0.1, 0.15) is 0 Å². The summed E-state index contributed by atoms with van der Waals surface area (Å²) >= 11 is 0. The van der Waals surface area contributed by atoms with Gasteiger partial charge in [-0.3, -0.25) is 20.2 Å². The first-order valence-corrected chi connectivity index (χ1v) is 10.1. The smallest absolute Gasteiger partial charge is 0.260 e. The predicted molar refractivity (Wildman–Crippen MR) is 128 cm³/mol. The zero-order valence-electron chi connectivity index (χ0n) is 17.3. The number of nitrogen functional groups attached to an aromatic ring is 1. The average Bonchev–Trinajstić information content (AvgIpc) is 3.44. The number of carbonyl (C=O) groups excluding carboxylic acids is 1. The van der Waals surface area contributed by atoms with Crippen molar-refractivity contribution in [3.8, 4) is 0 Å². The third-order valence-electron chi connectivity index (χ3n) is 4.87. The molecule has 10 nitrogen and oxygen atoms in total. The molecule has 162 valence electrons. The highest BCUT2D eigenvalue weighted by Gasteiger charge is 2.14. The van der Waals surface area contributed by atoms with Gasteiger partial charge in [-0.05, 0) is 54.6 Å². The van der Waals surface area contributed by atoms with Crippen LogP contribution in [-0.2, 0) is 0 Å². The van der Waals surface area contributed by atoms with Crippen molar-refractivity contribution in [3.63, 3.8) is 0 Å². The summed E-state index contributed by atoms with van der Waals surface area (Å²) in [7, 11) is 0. The highest BCUT2D eigenvalue weighted by Crippen LogP contribution is 2.26. The van der Waals surface area contributed by atoms with E-state index in [2.05, 4.69) is 41.0 Å². The van der Waals surface area contributed by atoms with E-state index in [9.17, 15) is 4.79 Å². The Balaban J connectivity index is 1.37. The minimum absolute atomic E-state index is 0.109. The quantitative estimate of drug-likeness (QED) is 0.271. The van der Waals surface area contributed by atoms with E-state index in [1.807, 2.05) is 60.7 Å². The van der Waals surface area contributed by atoms with E-state index in [0.29, 0.717) is 11.3 Å². The normalized spacial score (nSPS) is 11.2. The highest BCUT2D eigenvalue weighted by molar-refractivity contribution is 6.07. The first-order chi connectivity index (χ1) is 16.2. The van der Waals surface area contributed by atoms with E-state index < -0.39 is 0 Å². The minimum Gasteiger partial charge on any atom is -0.368 e. The van der Waals surface area contributed by atoms with Crippen molar-refractivity contribution in [2.24, 2.45) is 0 Å². The molecule has 5 rings (SSSR count). The Bertz CT molecular complexity index is 1450. The molecule has 0 atom stereocenters. The number of nitrogens with two attached hydrogens (primary N) is 1. The van der Waals surface area contributed by atoms with Gasteiger partial charge in [-0.2, -0.15) is 10.1 Å². The van der Waals surface area contributed by atoms with Gasteiger partial charge in [0.05, 0.1) is 28.2 Å². The Hall–Kier alpha value is -4.99. The van der Waals surface area contributed by atoms with Crippen molar-refractivity contribution in [2.75, 3.05) is 16.4 Å². The Kier molecular flexibility index (Phi) is 5.22. The second-order valence-corrected chi connectivity index (χ2v) is 7.13. The molecule has 33 heavy (non-hydrogen) atoms. The third-order valence-corrected chi connectivity index (χ3v) is 4.87. The number of nitrogens with one attached hydrogen (secondary N) is 4. The molecule has 1 amide bonds. The largest absolute Gasteiger partial charge is 0.368 e. The van der Waals surface area contributed by atoms with Crippen molar-refractivity contribution in [1.29, 1.82) is 0 Å². The lowest BCUT2D eigenvalue weighted by Gasteiger charge is -2.11. The van der Waals surface area contributed by atoms with Gasteiger partial charge in [-0.1, -0.05) is 18.2 Å². The molecule has 6 N–H and O–H groups in total. The summed E-state index contributed by atoms with van der Waals surface area (Å²) in [6.45, 7) is 0. The van der Waals surface area contributed by atoms with Crippen LogP contribution in [0.5, 0.6) is 0 Å². The maximum atomic E-state index is 12.7. The van der Waals surface area contributed by atoms with E-state index >= 15 is 0 Å². The molecule has 5 aromatic rings. The number of para-hydroxylation sites is 1. The molecule has 0 unspecified atom stereocenters. The molecular weight excluding hydrogens is 418 g/mol. The molecule has 0 aliphatic carbocycles. The molecule has 3 aromatic heterocycles. The molecule has 0 aliphatic heterocycles. The molecule has 0 radical (unpaired) electrons. The molecule has 0 spiro atoms. The molecule has 0 aliphatic rings. The fourth-order valence-corrected chi connectivity index (χ4v) is 3.33. The molecular formula is C23H19N9O. The number of pyridine rings is 1. The van der Waals surface area contributed by atoms with Gasteiger partial charge in [-0.15, -0.1) is 5.10 Å². The van der Waals surface area contributed by atoms with Gasteiger partial charge >= 0.3 is 0 Å². The van der Waals surface area contributed by atoms with Crippen molar-refractivity contribution in [2.45, 2.75) is 0 Å². The second-order valence-electron chi connectivity index (χ2n) is 7.13. The maximum Gasteiger partial charge on any atom is 0.260 e. The fourth-order valence-electron chi connectivity index (χ4n) is 3.33. The lowest BCUT2D eigenvalue weighted by molar-refractivity contribution is 0.102. The maximum absolute atomic E-state index is 12.7. The SMILES string of the molecule is Nc1nc(NC(=O)c2ccccc2Nc2ccc3c(/C=C/c4ccccn4)n[nH]c3c2)n[nH]1. The van der Waals surface area contributed by atoms with Crippen LogP contribution in [0.4, 0.5) is 23.3 Å². The lowest BCUT2D eigenvalue weighted by atomic mass is 10.1. The highest BCUT2D eigenvalue weighted by atomic mass is 16.1. The standard InChI is InChI=1S/C23H19N9O/c24-22-28-23(32-31-22)27-21(33)17-6-1-2-7-18(17)26-15-8-10-16-19(29-30-20(16)13-15)11-9-14-5-3-4-12-25-14/h1-13,26H,(H,29,30)(H4,24,27,28,31,32,33)/b11-9+. The summed E-state index contributed by atoms with van der Waals surface area (Å²) in [4.78, 5) is 20.9. The molecule has 2 aromatic carbocycles. The van der Waals surface area contributed by atoms with Crippen LogP contribution in [0.3, 0.4) is 0 Å². The van der Waals surface area contributed by atoms with Crippen molar-refractivity contribution in [1.82, 2.24) is 30.4 Å². The minimum atomic E-state index is -0.360. The van der Waals surface area contributed by atoms with Gasteiger partial charge in [-0.25, -0.2) is 5.10 Å². The monoisotopic (exact) mass is 437 g/mol. The lowest BCUT2D eigenvalue weighted by Crippen LogP contribution is -2.14. The average molecular weight is 437 g/mol. The van der Waals surface area contributed by atoms with Crippen molar-refractivity contribution < 1.29 is 4.79 Å². The number of nitrogens with zero attached hydrogens (tertiary/aromatic N) is 4. The number of hydrogen-bond acceptors (Lipinski definition) is 7. The zero-order chi connectivity index (χ0) is 22.6. The van der Waals surface area contributed by atoms with E-state index in [0.717, 1.165) is 28.0 Å². The van der Waals surface area contributed by atoms with E-state index in [-0.39, 0.29) is 17.8 Å². The summed E-state index contributed by atoms with van der Waals surface area (Å²) in [5, 5.41) is 20.7. The van der Waals surface area contributed by atoms with E-state index in [1.165, 1.54) is 0 Å². The number of aromatic amines is 2. The van der Waals surface area contributed by atoms with Crippen LogP contribution in [0, 0.1) is 0 Å². The third kappa shape index (κ3) is 4.39. The Morgan fingerprint density at radius 3 is 2.67 bits per heavy atom. The number of rotatable bonds is 6. The van der Waals surface area contributed by atoms with Crippen molar-refractivity contribution in [3.05, 3.63) is 83.8 Å².